The summed E-state index contributed by atoms with van der Waals surface area (Å²) in [6, 6.07) is 5.20. The van der Waals surface area contributed by atoms with Crippen molar-refractivity contribution in [2.45, 2.75) is 19.3 Å². The molecule has 0 bridgehead atoms. The minimum Gasteiger partial charge on any atom is -0.478 e. The summed E-state index contributed by atoms with van der Waals surface area (Å²) >= 11 is 3.28. The van der Waals surface area contributed by atoms with Crippen molar-refractivity contribution in [1.29, 1.82) is 0 Å². The van der Waals surface area contributed by atoms with Gasteiger partial charge in [0.15, 0.2) is 0 Å². The van der Waals surface area contributed by atoms with Gasteiger partial charge in [0.05, 0.1) is 5.56 Å². The molecule has 19 heavy (non-hydrogen) atoms. The van der Waals surface area contributed by atoms with E-state index in [1.165, 1.54) is 0 Å². The van der Waals surface area contributed by atoms with E-state index in [2.05, 4.69) is 21.2 Å². The van der Waals surface area contributed by atoms with Gasteiger partial charge in [0.25, 0.3) is 0 Å². The Morgan fingerprint density at radius 2 is 2.11 bits per heavy atom. The van der Waals surface area contributed by atoms with Crippen molar-refractivity contribution in [3.63, 3.8) is 0 Å². The Kier molecular flexibility index (Phi) is 4.82. The average molecular weight is 328 g/mol. The Balaban J connectivity index is 2.05. The first-order valence-electron chi connectivity index (χ1n) is 6.49. The Labute approximate surface area is 121 Å². The molecule has 0 radical (unpaired) electrons. The smallest absolute Gasteiger partial charge is 0.337 e. The van der Waals surface area contributed by atoms with E-state index in [1.54, 1.807) is 12.1 Å². The van der Waals surface area contributed by atoms with Crippen LogP contribution in [0.4, 0.5) is 5.69 Å². The van der Waals surface area contributed by atoms with E-state index in [9.17, 15) is 15.0 Å². The van der Waals surface area contributed by atoms with E-state index in [1.807, 2.05) is 6.07 Å². The number of carboxylic acid groups (broad SMARTS) is 1. The Bertz CT molecular complexity index is 464. The highest BCUT2D eigenvalue weighted by molar-refractivity contribution is 9.10. The van der Waals surface area contributed by atoms with Crippen LogP contribution in [-0.4, -0.2) is 29.3 Å². The largest absolute Gasteiger partial charge is 0.478 e. The molecule has 1 fully saturated rings. The van der Waals surface area contributed by atoms with Gasteiger partial charge >= 0.3 is 5.97 Å². The lowest BCUT2D eigenvalue weighted by molar-refractivity contribution is 0.0697. The van der Waals surface area contributed by atoms with Crippen LogP contribution in [0, 0.1) is 11.8 Å². The molecule has 1 aromatic carbocycles. The van der Waals surface area contributed by atoms with Crippen LogP contribution in [0.15, 0.2) is 22.7 Å². The summed E-state index contributed by atoms with van der Waals surface area (Å²) in [6.07, 6.45) is 3.30. The summed E-state index contributed by atoms with van der Waals surface area (Å²) in [4.78, 5) is 11.2. The minimum atomic E-state index is -0.936. The SMILES string of the molecule is O=C(O)c1cc(Br)ccc1NCC1CCCC1CO. The lowest BCUT2D eigenvalue weighted by Gasteiger charge is -2.19. The molecular formula is C14H18BrNO3. The van der Waals surface area contributed by atoms with Crippen LogP contribution in [0.5, 0.6) is 0 Å². The lowest BCUT2D eigenvalue weighted by Crippen LogP contribution is -2.21. The summed E-state index contributed by atoms with van der Waals surface area (Å²) < 4.78 is 0.754. The Hall–Kier alpha value is -1.07. The average Bonchev–Trinajstić information content (AvgIpc) is 2.84. The zero-order valence-electron chi connectivity index (χ0n) is 10.6. The van der Waals surface area contributed by atoms with Gasteiger partial charge in [-0.25, -0.2) is 4.79 Å². The number of rotatable bonds is 5. The first kappa shape index (κ1) is 14.3. The van der Waals surface area contributed by atoms with E-state index in [-0.39, 0.29) is 12.2 Å². The fourth-order valence-electron chi connectivity index (χ4n) is 2.71. The van der Waals surface area contributed by atoms with E-state index in [4.69, 9.17) is 0 Å². The minimum absolute atomic E-state index is 0.221. The number of carbonyl (C=O) groups is 1. The second kappa shape index (κ2) is 6.39. The second-order valence-corrected chi connectivity index (χ2v) is 5.93. The number of anilines is 1. The number of aliphatic hydroxyl groups is 1. The van der Waals surface area contributed by atoms with Crippen molar-refractivity contribution in [1.82, 2.24) is 0 Å². The highest BCUT2D eigenvalue weighted by atomic mass is 79.9. The summed E-state index contributed by atoms with van der Waals surface area (Å²) in [7, 11) is 0. The van der Waals surface area contributed by atoms with Crippen LogP contribution in [-0.2, 0) is 0 Å². The molecule has 0 heterocycles. The molecule has 3 N–H and O–H groups in total. The summed E-state index contributed by atoms with van der Waals surface area (Å²) in [6.45, 7) is 0.936. The van der Waals surface area contributed by atoms with Gasteiger partial charge in [-0.1, -0.05) is 22.4 Å². The molecule has 0 aromatic heterocycles. The zero-order chi connectivity index (χ0) is 13.8. The van der Waals surface area contributed by atoms with Gasteiger partial charge in [-0.05, 0) is 42.9 Å². The number of hydrogen-bond donors (Lipinski definition) is 3. The standard InChI is InChI=1S/C14H18BrNO3/c15-11-4-5-13(12(6-11)14(18)19)16-7-9-2-1-3-10(9)8-17/h4-6,9-10,16-17H,1-3,7-8H2,(H,18,19). The Morgan fingerprint density at radius 1 is 1.37 bits per heavy atom. The molecule has 1 aliphatic rings. The number of aliphatic hydroxyl groups excluding tert-OH is 1. The molecule has 0 aliphatic heterocycles. The molecule has 4 nitrogen and oxygen atoms in total. The zero-order valence-corrected chi connectivity index (χ0v) is 12.2. The van der Waals surface area contributed by atoms with Crippen molar-refractivity contribution in [2.75, 3.05) is 18.5 Å². The molecule has 0 amide bonds. The molecule has 1 saturated carbocycles. The molecule has 1 aliphatic carbocycles. The van der Waals surface area contributed by atoms with E-state index in [0.29, 0.717) is 24.1 Å². The molecular weight excluding hydrogens is 310 g/mol. The van der Waals surface area contributed by atoms with Crippen molar-refractivity contribution in [2.24, 2.45) is 11.8 Å². The van der Waals surface area contributed by atoms with Crippen molar-refractivity contribution in [3.8, 4) is 0 Å². The number of hydrogen-bond acceptors (Lipinski definition) is 3. The summed E-state index contributed by atoms with van der Waals surface area (Å²) in [5.41, 5.74) is 0.909. The molecule has 104 valence electrons. The first-order chi connectivity index (χ1) is 9.11. The van der Waals surface area contributed by atoms with Crippen molar-refractivity contribution in [3.05, 3.63) is 28.2 Å². The highest BCUT2D eigenvalue weighted by Crippen LogP contribution is 2.32. The van der Waals surface area contributed by atoms with Crippen molar-refractivity contribution >= 4 is 27.6 Å². The maximum atomic E-state index is 11.2. The lowest BCUT2D eigenvalue weighted by atomic mass is 9.97. The predicted octanol–water partition coefficient (Wildman–Crippen LogP) is 2.97. The topological polar surface area (TPSA) is 69.6 Å². The van der Waals surface area contributed by atoms with E-state index in [0.717, 1.165) is 23.7 Å². The van der Waals surface area contributed by atoms with Crippen LogP contribution in [0.3, 0.4) is 0 Å². The third-order valence-electron chi connectivity index (χ3n) is 3.82. The number of aromatic carboxylic acids is 1. The molecule has 1 aromatic rings. The highest BCUT2D eigenvalue weighted by Gasteiger charge is 2.26. The number of benzene rings is 1. The monoisotopic (exact) mass is 327 g/mol. The fourth-order valence-corrected chi connectivity index (χ4v) is 3.07. The van der Waals surface area contributed by atoms with Crippen LogP contribution in [0.25, 0.3) is 0 Å². The summed E-state index contributed by atoms with van der Waals surface area (Å²) in [5, 5.41) is 21.7. The molecule has 0 saturated heterocycles. The maximum Gasteiger partial charge on any atom is 0.337 e. The number of halogens is 1. The fraction of sp³-hybridized carbons (Fsp3) is 0.500. The normalized spacial score (nSPS) is 22.4. The summed E-state index contributed by atoms with van der Waals surface area (Å²) in [5.74, 6) is -0.166. The molecule has 0 spiro atoms. The van der Waals surface area contributed by atoms with Gasteiger partial charge in [-0.2, -0.15) is 0 Å². The van der Waals surface area contributed by atoms with Crippen LogP contribution < -0.4 is 5.32 Å². The third kappa shape index (κ3) is 3.48. The van der Waals surface area contributed by atoms with E-state index >= 15 is 0 Å². The van der Waals surface area contributed by atoms with Crippen LogP contribution >= 0.6 is 15.9 Å². The molecule has 2 atom stereocenters. The van der Waals surface area contributed by atoms with E-state index < -0.39 is 5.97 Å². The van der Waals surface area contributed by atoms with Gasteiger partial charge in [-0.15, -0.1) is 0 Å². The van der Waals surface area contributed by atoms with Crippen LogP contribution in [0.2, 0.25) is 0 Å². The van der Waals surface area contributed by atoms with Gasteiger partial charge < -0.3 is 15.5 Å². The van der Waals surface area contributed by atoms with Gasteiger partial charge in [0.1, 0.15) is 0 Å². The quantitative estimate of drug-likeness (QED) is 0.777. The Morgan fingerprint density at radius 3 is 2.79 bits per heavy atom. The van der Waals surface area contributed by atoms with Crippen LogP contribution in [0.1, 0.15) is 29.6 Å². The van der Waals surface area contributed by atoms with Gasteiger partial charge in [-0.3, -0.25) is 0 Å². The third-order valence-corrected chi connectivity index (χ3v) is 4.31. The number of nitrogens with one attached hydrogen (secondary N) is 1. The van der Waals surface area contributed by atoms with Gasteiger partial charge in [0, 0.05) is 23.3 Å². The van der Waals surface area contributed by atoms with Crippen molar-refractivity contribution < 1.29 is 15.0 Å². The first-order valence-corrected chi connectivity index (χ1v) is 7.28. The maximum absolute atomic E-state index is 11.2. The molecule has 2 unspecified atom stereocenters. The molecule has 2 rings (SSSR count). The molecule has 5 heteroatoms. The predicted molar refractivity (Wildman–Crippen MR) is 77.5 cm³/mol. The van der Waals surface area contributed by atoms with Gasteiger partial charge in [0.2, 0.25) is 0 Å². The second-order valence-electron chi connectivity index (χ2n) is 5.01. The number of carboxylic acids is 1.